The number of benzene rings is 1. The van der Waals surface area contributed by atoms with Crippen LogP contribution in [0.2, 0.25) is 0 Å². The Morgan fingerprint density at radius 3 is 2.75 bits per heavy atom. The third kappa shape index (κ3) is 5.09. The van der Waals surface area contributed by atoms with Crippen molar-refractivity contribution in [3.05, 3.63) is 23.8 Å². The molecule has 1 atom stereocenters. The van der Waals surface area contributed by atoms with Crippen molar-refractivity contribution in [2.45, 2.75) is 32.7 Å². The molecule has 1 unspecified atom stereocenters. The standard InChI is InChI=1S/C15H24N2O3/c1-4-19-13-7-5-6-12(10-11(2)16)15(13)20-9-8-14(18)17-3/h5-7,11H,4,8-10,16H2,1-3H3,(H,17,18). The van der Waals surface area contributed by atoms with Crippen LogP contribution in [0, 0.1) is 0 Å². The lowest BCUT2D eigenvalue weighted by Gasteiger charge is -2.17. The first-order valence-corrected chi connectivity index (χ1v) is 6.92. The molecule has 0 bridgehead atoms. The molecule has 0 fully saturated rings. The summed E-state index contributed by atoms with van der Waals surface area (Å²) in [6, 6.07) is 5.80. The molecule has 0 saturated heterocycles. The van der Waals surface area contributed by atoms with E-state index in [2.05, 4.69) is 5.32 Å². The molecule has 5 nitrogen and oxygen atoms in total. The number of amides is 1. The summed E-state index contributed by atoms with van der Waals surface area (Å²) in [5, 5.41) is 2.57. The summed E-state index contributed by atoms with van der Waals surface area (Å²) in [7, 11) is 1.61. The largest absolute Gasteiger partial charge is 0.490 e. The maximum atomic E-state index is 11.2. The van der Waals surface area contributed by atoms with Crippen molar-refractivity contribution in [2.75, 3.05) is 20.3 Å². The molecule has 1 aromatic carbocycles. The Bertz CT molecular complexity index is 433. The normalized spacial score (nSPS) is 11.8. The van der Waals surface area contributed by atoms with Crippen molar-refractivity contribution in [3.63, 3.8) is 0 Å². The van der Waals surface area contributed by atoms with Crippen LogP contribution in [0.4, 0.5) is 0 Å². The average Bonchev–Trinajstić information content (AvgIpc) is 2.41. The summed E-state index contributed by atoms with van der Waals surface area (Å²) in [6.45, 7) is 4.75. The molecule has 0 aliphatic heterocycles. The summed E-state index contributed by atoms with van der Waals surface area (Å²) in [4.78, 5) is 11.2. The van der Waals surface area contributed by atoms with E-state index in [0.29, 0.717) is 37.6 Å². The SMILES string of the molecule is CCOc1cccc(CC(C)N)c1OCCC(=O)NC. The number of ether oxygens (including phenoxy) is 2. The van der Waals surface area contributed by atoms with Crippen LogP contribution in [0.5, 0.6) is 11.5 Å². The molecular formula is C15H24N2O3. The maximum absolute atomic E-state index is 11.2. The van der Waals surface area contributed by atoms with E-state index < -0.39 is 0 Å². The molecule has 1 aromatic rings. The van der Waals surface area contributed by atoms with Gasteiger partial charge in [0.2, 0.25) is 5.91 Å². The van der Waals surface area contributed by atoms with Gasteiger partial charge in [0.05, 0.1) is 19.6 Å². The third-order valence-electron chi connectivity index (χ3n) is 2.76. The van der Waals surface area contributed by atoms with E-state index in [0.717, 1.165) is 5.56 Å². The molecule has 112 valence electrons. The fraction of sp³-hybridized carbons (Fsp3) is 0.533. The predicted molar refractivity (Wildman–Crippen MR) is 79.1 cm³/mol. The van der Waals surface area contributed by atoms with Crippen molar-refractivity contribution >= 4 is 5.91 Å². The Morgan fingerprint density at radius 1 is 1.40 bits per heavy atom. The molecule has 1 rings (SSSR count). The fourth-order valence-electron chi connectivity index (χ4n) is 1.87. The molecule has 5 heteroatoms. The zero-order chi connectivity index (χ0) is 15.0. The molecule has 3 N–H and O–H groups in total. The van der Waals surface area contributed by atoms with Crippen LogP contribution in [0.25, 0.3) is 0 Å². The summed E-state index contributed by atoms with van der Waals surface area (Å²) in [5.41, 5.74) is 6.86. The summed E-state index contributed by atoms with van der Waals surface area (Å²) >= 11 is 0. The zero-order valence-corrected chi connectivity index (χ0v) is 12.4. The van der Waals surface area contributed by atoms with Gasteiger partial charge in [-0.2, -0.15) is 0 Å². The predicted octanol–water partition coefficient (Wildman–Crippen LogP) is 1.49. The third-order valence-corrected chi connectivity index (χ3v) is 2.76. The Hall–Kier alpha value is -1.75. The number of rotatable bonds is 8. The van der Waals surface area contributed by atoms with E-state index in [9.17, 15) is 4.79 Å². The van der Waals surface area contributed by atoms with E-state index in [1.54, 1.807) is 7.05 Å². The number of hydrogen-bond donors (Lipinski definition) is 2. The van der Waals surface area contributed by atoms with Crippen molar-refractivity contribution < 1.29 is 14.3 Å². The lowest BCUT2D eigenvalue weighted by atomic mass is 10.1. The van der Waals surface area contributed by atoms with Gasteiger partial charge in [0.25, 0.3) is 0 Å². The Labute approximate surface area is 120 Å². The van der Waals surface area contributed by atoms with Gasteiger partial charge in [0.1, 0.15) is 0 Å². The average molecular weight is 280 g/mol. The molecule has 0 radical (unpaired) electrons. The Morgan fingerprint density at radius 2 is 2.15 bits per heavy atom. The van der Waals surface area contributed by atoms with Gasteiger partial charge in [-0.05, 0) is 31.9 Å². The molecule has 0 saturated carbocycles. The Kier molecular flexibility index (Phi) is 6.87. The van der Waals surface area contributed by atoms with Crippen molar-refractivity contribution in [1.82, 2.24) is 5.32 Å². The van der Waals surface area contributed by atoms with Crippen LogP contribution in [-0.2, 0) is 11.2 Å². The number of carbonyl (C=O) groups excluding carboxylic acids is 1. The molecule has 0 spiro atoms. The minimum atomic E-state index is -0.0485. The summed E-state index contributed by atoms with van der Waals surface area (Å²) in [5.74, 6) is 1.34. The van der Waals surface area contributed by atoms with E-state index >= 15 is 0 Å². The van der Waals surface area contributed by atoms with Crippen molar-refractivity contribution in [2.24, 2.45) is 5.73 Å². The van der Waals surface area contributed by atoms with Crippen LogP contribution >= 0.6 is 0 Å². The quantitative estimate of drug-likeness (QED) is 0.756. The van der Waals surface area contributed by atoms with Gasteiger partial charge in [-0.25, -0.2) is 0 Å². The van der Waals surface area contributed by atoms with Gasteiger partial charge in [0, 0.05) is 13.1 Å². The highest BCUT2D eigenvalue weighted by Crippen LogP contribution is 2.32. The van der Waals surface area contributed by atoms with Gasteiger partial charge in [-0.3, -0.25) is 4.79 Å². The second kappa shape index (κ2) is 8.43. The Balaban J connectivity index is 2.84. The monoisotopic (exact) mass is 280 g/mol. The van der Waals surface area contributed by atoms with Crippen LogP contribution in [0.15, 0.2) is 18.2 Å². The molecule has 20 heavy (non-hydrogen) atoms. The number of nitrogens with one attached hydrogen (secondary N) is 1. The minimum absolute atomic E-state index is 0.0353. The number of carbonyl (C=O) groups is 1. The maximum Gasteiger partial charge on any atom is 0.223 e. The van der Waals surface area contributed by atoms with Gasteiger partial charge in [-0.15, -0.1) is 0 Å². The van der Waals surface area contributed by atoms with Crippen LogP contribution in [0.1, 0.15) is 25.8 Å². The second-order valence-electron chi connectivity index (χ2n) is 4.63. The van der Waals surface area contributed by atoms with E-state index in [4.69, 9.17) is 15.2 Å². The van der Waals surface area contributed by atoms with Crippen LogP contribution < -0.4 is 20.5 Å². The van der Waals surface area contributed by atoms with Gasteiger partial charge in [-0.1, -0.05) is 12.1 Å². The minimum Gasteiger partial charge on any atom is -0.490 e. The summed E-state index contributed by atoms with van der Waals surface area (Å²) in [6.07, 6.45) is 1.02. The number of nitrogens with two attached hydrogens (primary N) is 1. The molecule has 0 aromatic heterocycles. The first kappa shape index (κ1) is 16.3. The molecule has 0 aliphatic carbocycles. The van der Waals surface area contributed by atoms with E-state index in [1.807, 2.05) is 32.0 Å². The van der Waals surface area contributed by atoms with E-state index in [1.165, 1.54) is 0 Å². The van der Waals surface area contributed by atoms with Gasteiger partial charge < -0.3 is 20.5 Å². The fourth-order valence-corrected chi connectivity index (χ4v) is 1.87. The lowest BCUT2D eigenvalue weighted by Crippen LogP contribution is -2.21. The van der Waals surface area contributed by atoms with Crippen molar-refractivity contribution in [3.8, 4) is 11.5 Å². The number of hydrogen-bond acceptors (Lipinski definition) is 4. The van der Waals surface area contributed by atoms with Gasteiger partial charge in [0.15, 0.2) is 11.5 Å². The zero-order valence-electron chi connectivity index (χ0n) is 12.4. The summed E-state index contributed by atoms with van der Waals surface area (Å²) < 4.78 is 11.3. The number of para-hydroxylation sites is 1. The first-order chi connectivity index (χ1) is 9.58. The van der Waals surface area contributed by atoms with E-state index in [-0.39, 0.29) is 11.9 Å². The molecular weight excluding hydrogens is 256 g/mol. The molecule has 0 heterocycles. The first-order valence-electron chi connectivity index (χ1n) is 6.92. The van der Waals surface area contributed by atoms with Crippen molar-refractivity contribution in [1.29, 1.82) is 0 Å². The smallest absolute Gasteiger partial charge is 0.223 e. The highest BCUT2D eigenvalue weighted by molar-refractivity contribution is 5.75. The highest BCUT2D eigenvalue weighted by atomic mass is 16.5. The van der Waals surface area contributed by atoms with Crippen LogP contribution in [-0.4, -0.2) is 32.2 Å². The van der Waals surface area contributed by atoms with Gasteiger partial charge >= 0.3 is 0 Å². The topological polar surface area (TPSA) is 73.6 Å². The lowest BCUT2D eigenvalue weighted by molar-refractivity contribution is -0.121. The molecule has 0 aliphatic rings. The van der Waals surface area contributed by atoms with Crippen LogP contribution in [0.3, 0.4) is 0 Å². The highest BCUT2D eigenvalue weighted by Gasteiger charge is 2.13. The molecule has 1 amide bonds. The second-order valence-corrected chi connectivity index (χ2v) is 4.63.